The standard InChI is InChI=1S/C17H35N3O/c1-15(2)8-7-12-19-16(18-3)20-14-17(11-13-21-4)9-5-6-10-17/h15H,5-14H2,1-4H3,(H2,18,19,20). The fourth-order valence-electron chi connectivity index (χ4n) is 3.17. The second-order valence-corrected chi connectivity index (χ2v) is 6.84. The van der Waals surface area contributed by atoms with Crippen molar-refractivity contribution in [3.63, 3.8) is 0 Å². The SMILES string of the molecule is CN=C(NCCCC(C)C)NCC1(CCOC)CCCC1. The summed E-state index contributed by atoms with van der Waals surface area (Å²) >= 11 is 0. The summed E-state index contributed by atoms with van der Waals surface area (Å²) in [7, 11) is 3.65. The first kappa shape index (κ1) is 18.3. The summed E-state index contributed by atoms with van der Waals surface area (Å²) in [6.07, 6.45) is 8.95. The fraction of sp³-hybridized carbons (Fsp3) is 0.941. The van der Waals surface area contributed by atoms with Gasteiger partial charge in [0, 0.05) is 33.9 Å². The molecule has 0 radical (unpaired) electrons. The summed E-state index contributed by atoms with van der Waals surface area (Å²) < 4.78 is 5.29. The molecule has 2 N–H and O–H groups in total. The van der Waals surface area contributed by atoms with E-state index in [0.29, 0.717) is 5.41 Å². The summed E-state index contributed by atoms with van der Waals surface area (Å²) in [5.74, 6) is 1.72. The van der Waals surface area contributed by atoms with Crippen LogP contribution in [0.2, 0.25) is 0 Å². The number of nitrogens with zero attached hydrogens (tertiary/aromatic N) is 1. The highest BCUT2D eigenvalue weighted by molar-refractivity contribution is 5.79. The maximum Gasteiger partial charge on any atom is 0.190 e. The van der Waals surface area contributed by atoms with E-state index in [-0.39, 0.29) is 0 Å². The maximum absolute atomic E-state index is 5.29. The number of methoxy groups -OCH3 is 1. The molecule has 1 rings (SSSR count). The van der Waals surface area contributed by atoms with Gasteiger partial charge in [-0.05, 0) is 43.4 Å². The number of guanidine groups is 1. The first-order valence-electron chi connectivity index (χ1n) is 8.55. The molecule has 21 heavy (non-hydrogen) atoms. The van der Waals surface area contributed by atoms with Crippen molar-refractivity contribution in [1.29, 1.82) is 0 Å². The zero-order valence-corrected chi connectivity index (χ0v) is 14.5. The van der Waals surface area contributed by atoms with E-state index in [1.165, 1.54) is 38.5 Å². The highest BCUT2D eigenvalue weighted by Crippen LogP contribution is 2.40. The topological polar surface area (TPSA) is 45.7 Å². The van der Waals surface area contributed by atoms with Crippen molar-refractivity contribution in [2.75, 3.05) is 33.9 Å². The third-order valence-corrected chi connectivity index (χ3v) is 4.61. The normalized spacial score (nSPS) is 18.2. The molecule has 1 saturated carbocycles. The van der Waals surface area contributed by atoms with Crippen LogP contribution in [0.1, 0.15) is 58.8 Å². The van der Waals surface area contributed by atoms with E-state index in [4.69, 9.17) is 4.74 Å². The number of rotatable bonds is 9. The molecule has 0 aromatic rings. The molecule has 1 fully saturated rings. The minimum absolute atomic E-state index is 0.408. The van der Waals surface area contributed by atoms with Gasteiger partial charge in [-0.2, -0.15) is 0 Å². The molecule has 4 nitrogen and oxygen atoms in total. The van der Waals surface area contributed by atoms with Gasteiger partial charge in [0.2, 0.25) is 0 Å². The van der Waals surface area contributed by atoms with Gasteiger partial charge in [-0.1, -0.05) is 26.7 Å². The van der Waals surface area contributed by atoms with Gasteiger partial charge in [0.05, 0.1) is 0 Å². The number of nitrogens with one attached hydrogen (secondary N) is 2. The van der Waals surface area contributed by atoms with E-state index in [2.05, 4.69) is 29.5 Å². The van der Waals surface area contributed by atoms with Crippen LogP contribution in [-0.2, 0) is 4.74 Å². The lowest BCUT2D eigenvalue weighted by Gasteiger charge is -2.30. The molecule has 124 valence electrons. The van der Waals surface area contributed by atoms with E-state index in [1.807, 2.05) is 7.05 Å². The summed E-state index contributed by atoms with van der Waals surface area (Å²) in [5.41, 5.74) is 0.408. The number of hydrogen-bond donors (Lipinski definition) is 2. The first-order valence-corrected chi connectivity index (χ1v) is 8.55. The Morgan fingerprint density at radius 3 is 2.52 bits per heavy atom. The summed E-state index contributed by atoms with van der Waals surface area (Å²) in [4.78, 5) is 4.34. The Kier molecular flexibility index (Phi) is 8.74. The van der Waals surface area contributed by atoms with Crippen LogP contribution in [-0.4, -0.2) is 39.8 Å². The second kappa shape index (κ2) is 10.0. The van der Waals surface area contributed by atoms with Crippen molar-refractivity contribution in [2.45, 2.75) is 58.8 Å². The lowest BCUT2D eigenvalue weighted by Crippen LogP contribution is -2.43. The molecule has 0 spiro atoms. The predicted molar refractivity (Wildman–Crippen MR) is 90.8 cm³/mol. The molecule has 0 amide bonds. The third-order valence-electron chi connectivity index (χ3n) is 4.61. The summed E-state index contributed by atoms with van der Waals surface area (Å²) in [6, 6.07) is 0. The summed E-state index contributed by atoms with van der Waals surface area (Å²) in [5, 5.41) is 6.96. The fourth-order valence-corrected chi connectivity index (χ4v) is 3.17. The highest BCUT2D eigenvalue weighted by Gasteiger charge is 2.33. The van der Waals surface area contributed by atoms with Crippen molar-refractivity contribution in [2.24, 2.45) is 16.3 Å². The second-order valence-electron chi connectivity index (χ2n) is 6.84. The van der Waals surface area contributed by atoms with E-state index < -0.39 is 0 Å². The van der Waals surface area contributed by atoms with Crippen molar-refractivity contribution in [3.05, 3.63) is 0 Å². The lowest BCUT2D eigenvalue weighted by molar-refractivity contribution is 0.138. The van der Waals surface area contributed by atoms with Crippen molar-refractivity contribution >= 4 is 5.96 Å². The maximum atomic E-state index is 5.29. The van der Waals surface area contributed by atoms with Gasteiger partial charge < -0.3 is 15.4 Å². The highest BCUT2D eigenvalue weighted by atomic mass is 16.5. The average molecular weight is 297 g/mol. The van der Waals surface area contributed by atoms with Gasteiger partial charge in [0.1, 0.15) is 0 Å². The Labute approximate surface area is 131 Å². The number of ether oxygens (including phenoxy) is 1. The Morgan fingerprint density at radius 1 is 1.24 bits per heavy atom. The molecule has 0 heterocycles. The minimum Gasteiger partial charge on any atom is -0.385 e. The predicted octanol–water partition coefficient (Wildman–Crippen LogP) is 3.18. The molecular formula is C17H35N3O. The molecule has 0 aliphatic heterocycles. The molecule has 1 aliphatic rings. The van der Waals surface area contributed by atoms with Crippen molar-refractivity contribution in [3.8, 4) is 0 Å². The molecular weight excluding hydrogens is 262 g/mol. The van der Waals surface area contributed by atoms with Crippen molar-refractivity contribution in [1.82, 2.24) is 10.6 Å². The molecule has 1 aliphatic carbocycles. The smallest absolute Gasteiger partial charge is 0.190 e. The third kappa shape index (κ3) is 7.16. The van der Waals surface area contributed by atoms with Crippen LogP contribution in [0.15, 0.2) is 4.99 Å². The molecule has 0 atom stereocenters. The van der Waals surface area contributed by atoms with Crippen molar-refractivity contribution < 1.29 is 4.74 Å². The molecule has 0 bridgehead atoms. The summed E-state index contributed by atoms with van der Waals surface area (Å²) in [6.45, 7) is 7.42. The Balaban J connectivity index is 2.31. The van der Waals surface area contributed by atoms with Gasteiger partial charge in [-0.25, -0.2) is 0 Å². The molecule has 0 unspecified atom stereocenters. The van der Waals surface area contributed by atoms with E-state index in [1.54, 1.807) is 7.11 Å². The first-order chi connectivity index (χ1) is 10.1. The quantitative estimate of drug-likeness (QED) is 0.390. The Hall–Kier alpha value is -0.770. The Morgan fingerprint density at radius 2 is 1.95 bits per heavy atom. The monoisotopic (exact) mass is 297 g/mol. The molecule has 0 aromatic heterocycles. The van der Waals surface area contributed by atoms with Gasteiger partial charge in [0.25, 0.3) is 0 Å². The van der Waals surface area contributed by atoms with Crippen LogP contribution >= 0.6 is 0 Å². The lowest BCUT2D eigenvalue weighted by atomic mass is 9.83. The van der Waals surface area contributed by atoms with Gasteiger partial charge in [-0.15, -0.1) is 0 Å². The number of hydrogen-bond acceptors (Lipinski definition) is 2. The van der Waals surface area contributed by atoms with E-state index in [0.717, 1.165) is 38.0 Å². The van der Waals surface area contributed by atoms with Crippen LogP contribution in [0.4, 0.5) is 0 Å². The van der Waals surface area contributed by atoms with E-state index in [9.17, 15) is 0 Å². The van der Waals surface area contributed by atoms with Crippen LogP contribution in [0.5, 0.6) is 0 Å². The van der Waals surface area contributed by atoms with Crippen LogP contribution in [0.25, 0.3) is 0 Å². The Bertz CT molecular complexity index is 296. The van der Waals surface area contributed by atoms with E-state index >= 15 is 0 Å². The number of aliphatic imine (C=N–C) groups is 1. The van der Waals surface area contributed by atoms with Gasteiger partial charge >= 0.3 is 0 Å². The molecule has 0 saturated heterocycles. The molecule has 0 aromatic carbocycles. The largest absolute Gasteiger partial charge is 0.385 e. The van der Waals surface area contributed by atoms with Crippen LogP contribution < -0.4 is 10.6 Å². The van der Waals surface area contributed by atoms with Crippen LogP contribution in [0, 0.1) is 11.3 Å². The van der Waals surface area contributed by atoms with Gasteiger partial charge in [-0.3, -0.25) is 4.99 Å². The average Bonchev–Trinajstić information content (AvgIpc) is 2.93. The van der Waals surface area contributed by atoms with Crippen LogP contribution in [0.3, 0.4) is 0 Å². The zero-order chi connectivity index (χ0) is 15.6. The zero-order valence-electron chi connectivity index (χ0n) is 14.5. The minimum atomic E-state index is 0.408. The molecule has 4 heteroatoms. The van der Waals surface area contributed by atoms with Gasteiger partial charge in [0.15, 0.2) is 5.96 Å².